The SMILES string of the molecule is CC(=O)OCC=CCn1cc(Br)c2cc(C#N)ccc21. The van der Waals surface area contributed by atoms with E-state index in [0.717, 1.165) is 15.4 Å². The Morgan fingerprint density at radius 1 is 1.50 bits per heavy atom. The minimum Gasteiger partial charge on any atom is -0.462 e. The summed E-state index contributed by atoms with van der Waals surface area (Å²) in [6.45, 7) is 2.35. The molecule has 20 heavy (non-hydrogen) atoms. The zero-order chi connectivity index (χ0) is 14.5. The van der Waals surface area contributed by atoms with Crippen molar-refractivity contribution in [3.05, 3.63) is 46.6 Å². The summed E-state index contributed by atoms with van der Waals surface area (Å²) in [5.74, 6) is -0.284. The third-order valence-corrected chi connectivity index (χ3v) is 3.45. The molecular weight excluding hydrogens is 320 g/mol. The van der Waals surface area contributed by atoms with E-state index < -0.39 is 0 Å². The number of halogens is 1. The second-order valence-corrected chi connectivity index (χ2v) is 5.10. The largest absolute Gasteiger partial charge is 0.462 e. The highest BCUT2D eigenvalue weighted by molar-refractivity contribution is 9.10. The molecule has 4 nitrogen and oxygen atoms in total. The van der Waals surface area contributed by atoms with Gasteiger partial charge in [-0.05, 0) is 40.2 Å². The normalized spacial score (nSPS) is 10.8. The molecule has 0 unspecified atom stereocenters. The number of esters is 1. The summed E-state index contributed by atoms with van der Waals surface area (Å²) < 4.78 is 7.84. The summed E-state index contributed by atoms with van der Waals surface area (Å²) in [5.41, 5.74) is 1.69. The molecule has 1 heterocycles. The second kappa shape index (κ2) is 6.40. The van der Waals surface area contributed by atoms with Gasteiger partial charge in [0.15, 0.2) is 0 Å². The number of benzene rings is 1. The number of nitriles is 1. The Kier molecular flexibility index (Phi) is 4.59. The first-order valence-corrected chi connectivity index (χ1v) is 6.88. The first-order valence-electron chi connectivity index (χ1n) is 6.08. The fraction of sp³-hybridized carbons (Fsp3) is 0.200. The molecule has 0 atom stereocenters. The van der Waals surface area contributed by atoms with E-state index in [1.165, 1.54) is 6.92 Å². The molecule has 2 aromatic rings. The van der Waals surface area contributed by atoms with E-state index in [0.29, 0.717) is 12.1 Å². The van der Waals surface area contributed by atoms with Crippen LogP contribution in [0.1, 0.15) is 12.5 Å². The topological polar surface area (TPSA) is 55.0 Å². The maximum absolute atomic E-state index is 10.6. The maximum Gasteiger partial charge on any atom is 0.302 e. The molecule has 0 aliphatic heterocycles. The van der Waals surface area contributed by atoms with Gasteiger partial charge in [0.05, 0.1) is 11.6 Å². The minimum absolute atomic E-state index is 0.284. The predicted octanol–water partition coefficient (Wildman–Crippen LogP) is 3.39. The van der Waals surface area contributed by atoms with Crippen molar-refractivity contribution in [2.24, 2.45) is 0 Å². The standard InChI is InChI=1S/C15H13BrN2O2/c1-11(19)20-7-3-2-6-18-10-14(16)13-8-12(9-17)4-5-15(13)18/h2-5,8,10H,6-7H2,1H3. The van der Waals surface area contributed by atoms with Crippen LogP contribution in [0.25, 0.3) is 10.9 Å². The molecule has 1 aromatic heterocycles. The Bertz CT molecular complexity index is 710. The van der Waals surface area contributed by atoms with Crippen LogP contribution in [0.5, 0.6) is 0 Å². The molecule has 0 saturated heterocycles. The molecule has 0 fully saturated rings. The number of allylic oxidation sites excluding steroid dienone is 1. The Morgan fingerprint density at radius 3 is 3.00 bits per heavy atom. The monoisotopic (exact) mass is 332 g/mol. The lowest BCUT2D eigenvalue weighted by Crippen LogP contribution is -1.98. The molecule has 102 valence electrons. The van der Waals surface area contributed by atoms with E-state index in [2.05, 4.69) is 26.6 Å². The molecule has 5 heteroatoms. The van der Waals surface area contributed by atoms with E-state index in [4.69, 9.17) is 10.00 Å². The van der Waals surface area contributed by atoms with E-state index in [-0.39, 0.29) is 12.6 Å². The lowest BCUT2D eigenvalue weighted by molar-refractivity contribution is -0.139. The van der Waals surface area contributed by atoms with Gasteiger partial charge in [-0.2, -0.15) is 5.26 Å². The summed E-state index contributed by atoms with van der Waals surface area (Å²) >= 11 is 3.50. The van der Waals surface area contributed by atoms with Gasteiger partial charge in [-0.25, -0.2) is 0 Å². The number of carbonyl (C=O) groups excluding carboxylic acids is 1. The van der Waals surface area contributed by atoms with E-state index in [1.807, 2.05) is 30.5 Å². The highest BCUT2D eigenvalue weighted by atomic mass is 79.9. The molecule has 0 radical (unpaired) electrons. The van der Waals surface area contributed by atoms with Crippen LogP contribution >= 0.6 is 15.9 Å². The smallest absolute Gasteiger partial charge is 0.302 e. The predicted molar refractivity (Wildman–Crippen MR) is 80.1 cm³/mol. The molecule has 1 aromatic carbocycles. The van der Waals surface area contributed by atoms with Crippen LogP contribution in [0, 0.1) is 11.3 Å². The van der Waals surface area contributed by atoms with Gasteiger partial charge >= 0.3 is 5.97 Å². The van der Waals surface area contributed by atoms with Crippen LogP contribution in [0.4, 0.5) is 0 Å². The molecule has 2 rings (SSSR count). The van der Waals surface area contributed by atoms with Gasteiger partial charge in [-0.3, -0.25) is 4.79 Å². The lowest BCUT2D eigenvalue weighted by Gasteiger charge is -2.01. The van der Waals surface area contributed by atoms with Gasteiger partial charge < -0.3 is 9.30 Å². The average molecular weight is 333 g/mol. The fourth-order valence-corrected chi connectivity index (χ4v) is 2.46. The first kappa shape index (κ1) is 14.4. The van der Waals surface area contributed by atoms with Crippen LogP contribution in [0.3, 0.4) is 0 Å². The van der Waals surface area contributed by atoms with E-state index >= 15 is 0 Å². The van der Waals surface area contributed by atoms with Crippen LogP contribution < -0.4 is 0 Å². The third kappa shape index (κ3) is 3.28. The molecule has 0 N–H and O–H groups in total. The molecule has 0 spiro atoms. The summed E-state index contributed by atoms with van der Waals surface area (Å²) in [7, 11) is 0. The van der Waals surface area contributed by atoms with Gasteiger partial charge in [0.25, 0.3) is 0 Å². The van der Waals surface area contributed by atoms with Crippen molar-refractivity contribution in [2.45, 2.75) is 13.5 Å². The van der Waals surface area contributed by atoms with Crippen LogP contribution in [0.2, 0.25) is 0 Å². The third-order valence-electron chi connectivity index (χ3n) is 2.81. The van der Waals surface area contributed by atoms with Gasteiger partial charge in [-0.1, -0.05) is 6.08 Å². The van der Waals surface area contributed by atoms with Crippen LogP contribution in [0.15, 0.2) is 41.0 Å². The Balaban J connectivity index is 2.15. The van der Waals surface area contributed by atoms with Gasteiger partial charge in [0.2, 0.25) is 0 Å². The second-order valence-electron chi connectivity index (χ2n) is 4.25. The number of hydrogen-bond donors (Lipinski definition) is 0. The number of ether oxygens (including phenoxy) is 1. The average Bonchev–Trinajstić information content (AvgIpc) is 2.74. The zero-order valence-corrected chi connectivity index (χ0v) is 12.6. The van der Waals surface area contributed by atoms with E-state index in [1.54, 1.807) is 6.07 Å². The van der Waals surface area contributed by atoms with E-state index in [9.17, 15) is 4.79 Å². The fourth-order valence-electron chi connectivity index (χ4n) is 1.90. The number of aromatic nitrogens is 1. The molecule has 0 amide bonds. The highest BCUT2D eigenvalue weighted by Gasteiger charge is 2.06. The van der Waals surface area contributed by atoms with Crippen molar-refractivity contribution in [3.63, 3.8) is 0 Å². The van der Waals surface area contributed by atoms with Gasteiger partial charge in [0, 0.05) is 35.0 Å². The molecule has 0 aliphatic carbocycles. The van der Waals surface area contributed by atoms with Crippen molar-refractivity contribution in [2.75, 3.05) is 6.61 Å². The Morgan fingerprint density at radius 2 is 2.30 bits per heavy atom. The number of fused-ring (bicyclic) bond motifs is 1. The zero-order valence-electron chi connectivity index (χ0n) is 11.0. The molecular formula is C15H13BrN2O2. The van der Waals surface area contributed by atoms with Crippen molar-refractivity contribution >= 4 is 32.8 Å². The van der Waals surface area contributed by atoms with Crippen molar-refractivity contribution in [1.82, 2.24) is 4.57 Å². The van der Waals surface area contributed by atoms with Gasteiger partial charge in [0.1, 0.15) is 6.61 Å². The highest BCUT2D eigenvalue weighted by Crippen LogP contribution is 2.27. The lowest BCUT2D eigenvalue weighted by atomic mass is 10.2. The number of rotatable bonds is 4. The van der Waals surface area contributed by atoms with Crippen LogP contribution in [-0.2, 0) is 16.1 Å². The van der Waals surface area contributed by atoms with Crippen molar-refractivity contribution in [1.29, 1.82) is 5.26 Å². The summed E-state index contributed by atoms with van der Waals surface area (Å²) in [4.78, 5) is 10.6. The summed E-state index contributed by atoms with van der Waals surface area (Å²) in [6, 6.07) is 7.72. The summed E-state index contributed by atoms with van der Waals surface area (Å²) in [5, 5.41) is 9.93. The maximum atomic E-state index is 10.6. The molecule has 0 saturated carbocycles. The number of carbonyl (C=O) groups is 1. The minimum atomic E-state index is -0.284. The Hall–Kier alpha value is -2.06. The first-order chi connectivity index (χ1) is 9.61. The quantitative estimate of drug-likeness (QED) is 0.637. The van der Waals surface area contributed by atoms with Crippen molar-refractivity contribution in [3.8, 4) is 6.07 Å². The molecule has 0 aliphatic rings. The van der Waals surface area contributed by atoms with Crippen molar-refractivity contribution < 1.29 is 9.53 Å². The summed E-state index contributed by atoms with van der Waals surface area (Å²) in [6.07, 6.45) is 5.72. The van der Waals surface area contributed by atoms with Gasteiger partial charge in [-0.15, -0.1) is 0 Å². The number of nitrogens with zero attached hydrogens (tertiary/aromatic N) is 2. The molecule has 0 bridgehead atoms. The van der Waals surface area contributed by atoms with Crippen LogP contribution in [-0.4, -0.2) is 17.1 Å². The Labute approximate surface area is 125 Å². The number of hydrogen-bond acceptors (Lipinski definition) is 3.